The molecule has 1 fully saturated rings. The minimum Gasteiger partial charge on any atom is -0.459 e. The average molecular weight is 208 g/mol. The summed E-state index contributed by atoms with van der Waals surface area (Å²) in [7, 11) is 0. The lowest BCUT2D eigenvalue weighted by Crippen LogP contribution is -2.23. The van der Waals surface area contributed by atoms with Crippen molar-refractivity contribution < 1.29 is 9.53 Å². The highest BCUT2D eigenvalue weighted by Gasteiger charge is 2.22. The molecule has 0 unspecified atom stereocenters. The van der Waals surface area contributed by atoms with E-state index in [1.165, 1.54) is 6.08 Å². The highest BCUT2D eigenvalue weighted by molar-refractivity contribution is 5.82. The van der Waals surface area contributed by atoms with Gasteiger partial charge in [-0.1, -0.05) is 0 Å². The van der Waals surface area contributed by atoms with Gasteiger partial charge in [0.1, 0.15) is 6.10 Å². The molecule has 1 rings (SSSR count). The largest absolute Gasteiger partial charge is 0.459 e. The van der Waals surface area contributed by atoms with E-state index >= 15 is 0 Å². The minimum absolute atomic E-state index is 0.0438. The molecule has 0 heterocycles. The van der Waals surface area contributed by atoms with Crippen molar-refractivity contribution in [3.8, 4) is 6.07 Å². The first-order valence-electron chi connectivity index (χ1n) is 5.16. The Morgan fingerprint density at radius 3 is 2.53 bits per heavy atom. The van der Waals surface area contributed by atoms with E-state index in [9.17, 15) is 4.79 Å². The van der Waals surface area contributed by atoms with Crippen LogP contribution in [0.4, 0.5) is 0 Å². The number of nitrogens with two attached hydrogens (primary N) is 1. The van der Waals surface area contributed by atoms with Gasteiger partial charge in [-0.15, -0.1) is 0 Å². The maximum Gasteiger partial charge on any atom is 0.332 e. The average Bonchev–Trinajstić information content (AvgIpc) is 2.17. The lowest BCUT2D eigenvalue weighted by atomic mass is 9.88. The molecule has 0 saturated heterocycles. The highest BCUT2D eigenvalue weighted by atomic mass is 16.5. The molecule has 0 bridgehead atoms. The number of carbonyl (C=O) groups excluding carboxylic acids is 1. The third kappa shape index (κ3) is 4.03. The first kappa shape index (κ1) is 11.6. The van der Waals surface area contributed by atoms with Crippen LogP contribution in [-0.2, 0) is 9.53 Å². The molecule has 82 valence electrons. The van der Waals surface area contributed by atoms with Crippen LogP contribution in [0.15, 0.2) is 11.8 Å². The zero-order valence-electron chi connectivity index (χ0n) is 8.90. The monoisotopic (exact) mass is 208 g/mol. The molecular weight excluding hydrogens is 192 g/mol. The Kier molecular flexibility index (Phi) is 4.17. The van der Waals surface area contributed by atoms with Gasteiger partial charge >= 0.3 is 5.97 Å². The van der Waals surface area contributed by atoms with E-state index in [-0.39, 0.29) is 18.0 Å². The molecule has 0 atom stereocenters. The smallest absolute Gasteiger partial charge is 0.332 e. The number of allylic oxidation sites excluding steroid dienone is 1. The SMILES string of the molecule is C/C(N)=C/C(=O)OC1CCC(C#N)CC1. The van der Waals surface area contributed by atoms with E-state index in [1.807, 2.05) is 0 Å². The number of hydrogen-bond acceptors (Lipinski definition) is 4. The van der Waals surface area contributed by atoms with Crippen molar-refractivity contribution >= 4 is 5.97 Å². The van der Waals surface area contributed by atoms with E-state index in [0.717, 1.165) is 25.7 Å². The zero-order chi connectivity index (χ0) is 11.3. The summed E-state index contributed by atoms with van der Waals surface area (Å²) in [5.41, 5.74) is 5.81. The molecule has 0 spiro atoms. The van der Waals surface area contributed by atoms with Crippen molar-refractivity contribution in [1.82, 2.24) is 0 Å². The van der Waals surface area contributed by atoms with E-state index in [0.29, 0.717) is 5.70 Å². The Morgan fingerprint density at radius 2 is 2.07 bits per heavy atom. The van der Waals surface area contributed by atoms with E-state index in [4.69, 9.17) is 15.7 Å². The van der Waals surface area contributed by atoms with E-state index < -0.39 is 0 Å². The van der Waals surface area contributed by atoms with Crippen molar-refractivity contribution in [2.24, 2.45) is 11.7 Å². The van der Waals surface area contributed by atoms with Crippen molar-refractivity contribution in [1.29, 1.82) is 5.26 Å². The van der Waals surface area contributed by atoms with Crippen LogP contribution in [0.1, 0.15) is 32.6 Å². The number of ether oxygens (including phenoxy) is 1. The van der Waals surface area contributed by atoms with Crippen LogP contribution >= 0.6 is 0 Å². The number of hydrogen-bond donors (Lipinski definition) is 1. The van der Waals surface area contributed by atoms with Gasteiger partial charge in [0.05, 0.1) is 6.07 Å². The predicted molar refractivity (Wildman–Crippen MR) is 55.4 cm³/mol. The fourth-order valence-electron chi connectivity index (χ4n) is 1.69. The Balaban J connectivity index is 2.33. The Morgan fingerprint density at radius 1 is 1.47 bits per heavy atom. The first-order chi connectivity index (χ1) is 7.11. The Hall–Kier alpha value is -1.50. The summed E-state index contributed by atoms with van der Waals surface area (Å²) in [6, 6.07) is 2.24. The van der Waals surface area contributed by atoms with Crippen molar-refractivity contribution in [2.45, 2.75) is 38.7 Å². The predicted octanol–water partition coefficient (Wildman–Crippen LogP) is 1.47. The molecule has 0 radical (unpaired) electrons. The standard InChI is InChI=1S/C11H16N2O2/c1-8(13)6-11(14)15-10-4-2-9(7-12)3-5-10/h6,9-10H,2-5,13H2,1H3/b8-6-. The molecule has 4 heteroatoms. The van der Waals surface area contributed by atoms with Crippen molar-refractivity contribution in [3.63, 3.8) is 0 Å². The molecule has 15 heavy (non-hydrogen) atoms. The molecule has 1 saturated carbocycles. The number of nitriles is 1. The summed E-state index contributed by atoms with van der Waals surface area (Å²) in [6.07, 6.45) is 4.44. The summed E-state index contributed by atoms with van der Waals surface area (Å²) in [5.74, 6) is -0.248. The Labute approximate surface area is 89.7 Å². The minimum atomic E-state index is -0.379. The molecule has 4 nitrogen and oxygen atoms in total. The molecule has 1 aliphatic carbocycles. The van der Waals surface area contributed by atoms with E-state index in [2.05, 4.69) is 6.07 Å². The summed E-state index contributed by atoms with van der Waals surface area (Å²) in [4.78, 5) is 11.2. The number of nitrogens with zero attached hydrogens (tertiary/aromatic N) is 1. The summed E-state index contributed by atoms with van der Waals surface area (Å²) >= 11 is 0. The maximum atomic E-state index is 11.2. The summed E-state index contributed by atoms with van der Waals surface area (Å²) < 4.78 is 5.19. The van der Waals surface area contributed by atoms with Crippen molar-refractivity contribution in [3.05, 3.63) is 11.8 Å². The second-order valence-electron chi connectivity index (χ2n) is 3.93. The second kappa shape index (κ2) is 5.40. The van der Waals surface area contributed by atoms with Crippen molar-refractivity contribution in [2.75, 3.05) is 0 Å². The van der Waals surface area contributed by atoms with Gasteiger partial charge in [0.15, 0.2) is 0 Å². The van der Waals surface area contributed by atoms with Gasteiger partial charge in [-0.25, -0.2) is 4.79 Å². The molecule has 1 aliphatic rings. The fraction of sp³-hybridized carbons (Fsp3) is 0.636. The topological polar surface area (TPSA) is 76.1 Å². The Bertz CT molecular complexity index is 292. The first-order valence-corrected chi connectivity index (χ1v) is 5.16. The van der Waals surface area contributed by atoms with Gasteiger partial charge in [0, 0.05) is 17.7 Å². The molecule has 0 aromatic carbocycles. The maximum absolute atomic E-state index is 11.2. The van der Waals surface area contributed by atoms with E-state index in [1.54, 1.807) is 6.92 Å². The lowest BCUT2D eigenvalue weighted by Gasteiger charge is -2.24. The quantitative estimate of drug-likeness (QED) is 0.550. The highest BCUT2D eigenvalue weighted by Crippen LogP contribution is 2.25. The summed E-state index contributed by atoms with van der Waals surface area (Å²) in [5, 5.41) is 8.69. The van der Waals surface area contributed by atoms with Crippen LogP contribution in [0.3, 0.4) is 0 Å². The van der Waals surface area contributed by atoms with Crippen LogP contribution in [0.2, 0.25) is 0 Å². The fourth-order valence-corrected chi connectivity index (χ4v) is 1.69. The van der Waals surface area contributed by atoms with Gasteiger partial charge < -0.3 is 10.5 Å². The van der Waals surface area contributed by atoms with Crippen LogP contribution < -0.4 is 5.73 Å². The third-order valence-corrected chi connectivity index (χ3v) is 2.49. The van der Waals surface area contributed by atoms with Crippen LogP contribution in [-0.4, -0.2) is 12.1 Å². The molecular formula is C11H16N2O2. The van der Waals surface area contributed by atoms with Crippen LogP contribution in [0, 0.1) is 17.2 Å². The number of carbonyl (C=O) groups is 1. The molecule has 0 amide bonds. The van der Waals surface area contributed by atoms with Gasteiger partial charge in [-0.05, 0) is 32.6 Å². The van der Waals surface area contributed by atoms with Gasteiger partial charge in [-0.2, -0.15) is 5.26 Å². The zero-order valence-corrected chi connectivity index (χ0v) is 8.90. The van der Waals surface area contributed by atoms with Crippen LogP contribution in [0.25, 0.3) is 0 Å². The van der Waals surface area contributed by atoms with Gasteiger partial charge in [0.2, 0.25) is 0 Å². The normalized spacial score (nSPS) is 26.8. The summed E-state index contributed by atoms with van der Waals surface area (Å²) in [6.45, 7) is 1.65. The van der Waals surface area contributed by atoms with Gasteiger partial charge in [-0.3, -0.25) is 0 Å². The van der Waals surface area contributed by atoms with Crippen LogP contribution in [0.5, 0.6) is 0 Å². The molecule has 0 aromatic rings. The molecule has 0 aliphatic heterocycles. The number of rotatable bonds is 2. The van der Waals surface area contributed by atoms with Gasteiger partial charge in [0.25, 0.3) is 0 Å². The molecule has 2 N–H and O–H groups in total. The lowest BCUT2D eigenvalue weighted by molar-refractivity contribution is -0.144. The number of esters is 1. The second-order valence-corrected chi connectivity index (χ2v) is 3.93. The third-order valence-electron chi connectivity index (χ3n) is 2.49. The molecule has 0 aromatic heterocycles.